The van der Waals surface area contributed by atoms with Crippen LogP contribution in [-0.4, -0.2) is 6.54 Å². The van der Waals surface area contributed by atoms with Gasteiger partial charge in [0.05, 0.1) is 0 Å². The normalized spacial score (nSPS) is 12.4. The summed E-state index contributed by atoms with van der Waals surface area (Å²) in [6, 6.07) is 13.7. The van der Waals surface area contributed by atoms with Crippen LogP contribution in [0.25, 0.3) is 11.1 Å². The summed E-state index contributed by atoms with van der Waals surface area (Å²) in [7, 11) is 0. The second-order valence-corrected chi connectivity index (χ2v) is 5.28. The van der Waals surface area contributed by atoms with Gasteiger partial charge >= 0.3 is 0 Å². The van der Waals surface area contributed by atoms with Crippen LogP contribution in [0.2, 0.25) is 0 Å². The van der Waals surface area contributed by atoms with Crippen LogP contribution in [0.15, 0.2) is 42.5 Å². The minimum atomic E-state index is -0.177. The van der Waals surface area contributed by atoms with Crippen molar-refractivity contribution in [1.29, 1.82) is 0 Å². The zero-order chi connectivity index (χ0) is 14.5. The van der Waals surface area contributed by atoms with E-state index in [9.17, 15) is 4.39 Å². The van der Waals surface area contributed by atoms with Crippen molar-refractivity contribution < 1.29 is 4.39 Å². The number of halogens is 1. The molecule has 2 aromatic rings. The minimum Gasteiger partial charge on any atom is -0.310 e. The molecule has 1 atom stereocenters. The van der Waals surface area contributed by atoms with E-state index < -0.39 is 0 Å². The zero-order valence-corrected chi connectivity index (χ0v) is 12.4. The van der Waals surface area contributed by atoms with Crippen molar-refractivity contribution in [3.05, 3.63) is 59.4 Å². The van der Waals surface area contributed by atoms with Crippen LogP contribution in [0.5, 0.6) is 0 Å². The summed E-state index contributed by atoms with van der Waals surface area (Å²) in [5.41, 5.74) is 4.21. The molecule has 0 radical (unpaired) electrons. The predicted molar refractivity (Wildman–Crippen MR) is 83.3 cm³/mol. The summed E-state index contributed by atoms with van der Waals surface area (Å²) < 4.78 is 13.6. The highest BCUT2D eigenvalue weighted by atomic mass is 19.1. The molecule has 0 saturated carbocycles. The van der Waals surface area contributed by atoms with E-state index in [1.54, 1.807) is 12.1 Å². The number of hydrogen-bond acceptors (Lipinski definition) is 1. The fourth-order valence-corrected chi connectivity index (χ4v) is 2.50. The molecule has 106 valence electrons. The number of rotatable bonds is 5. The minimum absolute atomic E-state index is 0.177. The molecule has 1 unspecified atom stereocenters. The van der Waals surface area contributed by atoms with E-state index >= 15 is 0 Å². The molecule has 0 aliphatic rings. The number of benzene rings is 2. The molecular weight excluding hydrogens is 249 g/mol. The van der Waals surface area contributed by atoms with Gasteiger partial charge in [-0.15, -0.1) is 0 Å². The van der Waals surface area contributed by atoms with Gasteiger partial charge in [0.1, 0.15) is 5.82 Å². The Morgan fingerprint density at radius 2 is 1.90 bits per heavy atom. The molecule has 0 bridgehead atoms. The van der Waals surface area contributed by atoms with Gasteiger partial charge in [0, 0.05) is 6.04 Å². The van der Waals surface area contributed by atoms with Crippen molar-refractivity contribution in [1.82, 2.24) is 5.32 Å². The smallest absolute Gasteiger partial charge is 0.124 e. The third kappa shape index (κ3) is 3.45. The second-order valence-electron chi connectivity index (χ2n) is 5.28. The molecule has 0 spiro atoms. The lowest BCUT2D eigenvalue weighted by Gasteiger charge is -2.18. The van der Waals surface area contributed by atoms with E-state index in [2.05, 4.69) is 31.3 Å². The fraction of sp³-hybridized carbons (Fsp3) is 0.333. The Kier molecular flexibility index (Phi) is 4.91. The molecule has 1 N–H and O–H groups in total. The van der Waals surface area contributed by atoms with Crippen molar-refractivity contribution in [2.24, 2.45) is 0 Å². The SMILES string of the molecule is CCCNC(C)c1ccccc1-c1cc(C)cc(F)c1. The third-order valence-corrected chi connectivity index (χ3v) is 3.48. The standard InChI is InChI=1S/C18H22FN/c1-4-9-20-14(3)17-7-5-6-8-18(17)15-10-13(2)11-16(19)12-15/h5-8,10-12,14,20H,4,9H2,1-3H3. The van der Waals surface area contributed by atoms with Crippen LogP contribution >= 0.6 is 0 Å². The summed E-state index contributed by atoms with van der Waals surface area (Å²) >= 11 is 0. The van der Waals surface area contributed by atoms with Crippen molar-refractivity contribution in [3.8, 4) is 11.1 Å². The predicted octanol–water partition coefficient (Wildman–Crippen LogP) is 4.86. The summed E-state index contributed by atoms with van der Waals surface area (Å²) in [5.74, 6) is -0.177. The lowest BCUT2D eigenvalue weighted by atomic mass is 9.94. The first-order valence-corrected chi connectivity index (χ1v) is 7.21. The van der Waals surface area contributed by atoms with E-state index in [0.717, 1.165) is 29.7 Å². The molecule has 0 fully saturated rings. The topological polar surface area (TPSA) is 12.0 Å². The van der Waals surface area contributed by atoms with E-state index in [0.29, 0.717) is 0 Å². The monoisotopic (exact) mass is 271 g/mol. The first kappa shape index (κ1) is 14.7. The molecular formula is C18H22FN. The lowest BCUT2D eigenvalue weighted by molar-refractivity contribution is 0.571. The summed E-state index contributed by atoms with van der Waals surface area (Å²) in [5, 5.41) is 3.49. The van der Waals surface area contributed by atoms with Crippen LogP contribution in [-0.2, 0) is 0 Å². The highest BCUT2D eigenvalue weighted by molar-refractivity contribution is 5.68. The molecule has 2 heteroatoms. The maximum absolute atomic E-state index is 13.6. The summed E-state index contributed by atoms with van der Waals surface area (Å²) in [4.78, 5) is 0. The van der Waals surface area contributed by atoms with Gasteiger partial charge in [-0.2, -0.15) is 0 Å². The average molecular weight is 271 g/mol. The van der Waals surface area contributed by atoms with Crippen molar-refractivity contribution in [2.75, 3.05) is 6.54 Å². The van der Waals surface area contributed by atoms with E-state index in [1.807, 2.05) is 25.1 Å². The van der Waals surface area contributed by atoms with Gasteiger partial charge in [-0.25, -0.2) is 4.39 Å². The zero-order valence-electron chi connectivity index (χ0n) is 12.4. The average Bonchev–Trinajstić information content (AvgIpc) is 2.43. The number of aryl methyl sites for hydroxylation is 1. The Morgan fingerprint density at radius 1 is 1.15 bits per heavy atom. The number of nitrogens with one attached hydrogen (secondary N) is 1. The molecule has 0 aliphatic heterocycles. The van der Waals surface area contributed by atoms with E-state index in [1.165, 1.54) is 5.56 Å². The van der Waals surface area contributed by atoms with Crippen LogP contribution < -0.4 is 5.32 Å². The first-order valence-electron chi connectivity index (χ1n) is 7.21. The Hall–Kier alpha value is -1.67. The Bertz CT molecular complexity index is 557. The van der Waals surface area contributed by atoms with Crippen LogP contribution in [0.1, 0.15) is 37.4 Å². The van der Waals surface area contributed by atoms with Gasteiger partial charge in [0.25, 0.3) is 0 Å². The van der Waals surface area contributed by atoms with Crippen LogP contribution in [0, 0.1) is 12.7 Å². The Morgan fingerprint density at radius 3 is 2.60 bits per heavy atom. The third-order valence-electron chi connectivity index (χ3n) is 3.48. The highest BCUT2D eigenvalue weighted by Gasteiger charge is 2.11. The van der Waals surface area contributed by atoms with Gasteiger partial charge in [-0.05, 0) is 61.2 Å². The Balaban J connectivity index is 2.41. The maximum atomic E-state index is 13.6. The molecule has 20 heavy (non-hydrogen) atoms. The molecule has 2 rings (SSSR count). The summed E-state index contributed by atoms with van der Waals surface area (Å²) in [6.07, 6.45) is 1.10. The van der Waals surface area contributed by atoms with Crippen molar-refractivity contribution >= 4 is 0 Å². The maximum Gasteiger partial charge on any atom is 0.124 e. The fourth-order valence-electron chi connectivity index (χ4n) is 2.50. The van der Waals surface area contributed by atoms with Gasteiger partial charge < -0.3 is 5.32 Å². The Labute approximate surface area is 120 Å². The highest BCUT2D eigenvalue weighted by Crippen LogP contribution is 2.29. The summed E-state index contributed by atoms with van der Waals surface area (Å²) in [6.45, 7) is 7.22. The van der Waals surface area contributed by atoms with Gasteiger partial charge in [-0.3, -0.25) is 0 Å². The molecule has 0 saturated heterocycles. The van der Waals surface area contributed by atoms with E-state index in [-0.39, 0.29) is 11.9 Å². The molecule has 0 heterocycles. The van der Waals surface area contributed by atoms with Gasteiger partial charge in [-0.1, -0.05) is 37.3 Å². The molecule has 0 aromatic heterocycles. The largest absolute Gasteiger partial charge is 0.310 e. The molecule has 0 aliphatic carbocycles. The molecule has 1 nitrogen and oxygen atoms in total. The van der Waals surface area contributed by atoms with Crippen LogP contribution in [0.3, 0.4) is 0 Å². The van der Waals surface area contributed by atoms with Crippen LogP contribution in [0.4, 0.5) is 4.39 Å². The molecule has 2 aromatic carbocycles. The molecule has 0 amide bonds. The van der Waals surface area contributed by atoms with Gasteiger partial charge in [0.15, 0.2) is 0 Å². The van der Waals surface area contributed by atoms with Crippen molar-refractivity contribution in [2.45, 2.75) is 33.2 Å². The second kappa shape index (κ2) is 6.67. The lowest BCUT2D eigenvalue weighted by Crippen LogP contribution is -2.19. The van der Waals surface area contributed by atoms with E-state index in [4.69, 9.17) is 0 Å². The van der Waals surface area contributed by atoms with Crippen molar-refractivity contribution in [3.63, 3.8) is 0 Å². The first-order chi connectivity index (χ1) is 9.61. The quantitative estimate of drug-likeness (QED) is 0.818. The number of hydrogen-bond donors (Lipinski definition) is 1. The van der Waals surface area contributed by atoms with Gasteiger partial charge in [0.2, 0.25) is 0 Å².